The predicted octanol–water partition coefficient (Wildman–Crippen LogP) is 1.88. The number of benzene rings is 1. The lowest BCUT2D eigenvalue weighted by Crippen LogP contribution is -2.45. The molecule has 8 heteroatoms. The van der Waals surface area contributed by atoms with E-state index in [1.54, 1.807) is 24.3 Å². The lowest BCUT2D eigenvalue weighted by molar-refractivity contribution is -0.138. The molecule has 0 saturated heterocycles. The van der Waals surface area contributed by atoms with Gasteiger partial charge in [0.05, 0.1) is 0 Å². The fourth-order valence-corrected chi connectivity index (χ4v) is 2.97. The van der Waals surface area contributed by atoms with E-state index in [0.29, 0.717) is 12.0 Å². The average Bonchev–Trinajstić information content (AvgIpc) is 2.50. The Bertz CT molecular complexity index is 671. The topological polar surface area (TPSA) is 121 Å². The van der Waals surface area contributed by atoms with Crippen LogP contribution in [-0.2, 0) is 21.3 Å². The third-order valence-corrected chi connectivity index (χ3v) is 4.30. The number of carboxylic acids is 1. The number of amides is 1. The molecule has 134 valence electrons. The molecule has 0 fully saturated rings. The van der Waals surface area contributed by atoms with E-state index in [2.05, 4.69) is 12.2 Å². The standard InChI is InChI=1S/C16H23NO6S/c1-2-3-4-5-8-12-9-6-7-10-13(12)15(18)17-14(16(19)20)11-24(21,22)23/h6-7,9-10,14H,2-5,8,11H2,1H3,(H,17,18)(H,19,20)(H,21,22,23). The van der Waals surface area contributed by atoms with Crippen molar-refractivity contribution in [3.8, 4) is 0 Å². The number of nitrogens with one attached hydrogen (secondary N) is 1. The molecule has 0 aromatic heterocycles. The first kappa shape index (κ1) is 20.1. The highest BCUT2D eigenvalue weighted by Gasteiger charge is 2.26. The van der Waals surface area contributed by atoms with Crippen molar-refractivity contribution in [2.24, 2.45) is 0 Å². The smallest absolute Gasteiger partial charge is 0.327 e. The van der Waals surface area contributed by atoms with E-state index in [1.165, 1.54) is 0 Å². The number of rotatable bonds is 10. The second-order valence-electron chi connectivity index (χ2n) is 5.58. The summed E-state index contributed by atoms with van der Waals surface area (Å²) in [4.78, 5) is 23.4. The summed E-state index contributed by atoms with van der Waals surface area (Å²) in [7, 11) is -4.52. The van der Waals surface area contributed by atoms with Gasteiger partial charge < -0.3 is 10.4 Å². The van der Waals surface area contributed by atoms with E-state index in [-0.39, 0.29) is 0 Å². The molecule has 24 heavy (non-hydrogen) atoms. The molecule has 7 nitrogen and oxygen atoms in total. The van der Waals surface area contributed by atoms with Gasteiger partial charge in [0.2, 0.25) is 0 Å². The Labute approximate surface area is 141 Å². The number of carbonyl (C=O) groups is 2. The number of aryl methyl sites for hydroxylation is 1. The van der Waals surface area contributed by atoms with Crippen LogP contribution in [0.1, 0.15) is 48.5 Å². The number of hydrogen-bond acceptors (Lipinski definition) is 4. The zero-order chi connectivity index (χ0) is 18.2. The minimum absolute atomic E-state index is 0.315. The van der Waals surface area contributed by atoms with Gasteiger partial charge in [-0.15, -0.1) is 0 Å². The minimum atomic E-state index is -4.52. The highest BCUT2D eigenvalue weighted by atomic mass is 32.2. The van der Waals surface area contributed by atoms with Crippen molar-refractivity contribution in [1.29, 1.82) is 0 Å². The van der Waals surface area contributed by atoms with E-state index >= 15 is 0 Å². The highest BCUT2D eigenvalue weighted by Crippen LogP contribution is 2.14. The molecule has 0 aliphatic carbocycles. The molecule has 0 bridgehead atoms. The molecule has 1 unspecified atom stereocenters. The van der Waals surface area contributed by atoms with Crippen molar-refractivity contribution in [1.82, 2.24) is 5.32 Å². The van der Waals surface area contributed by atoms with Crippen LogP contribution in [0.4, 0.5) is 0 Å². The summed E-state index contributed by atoms with van der Waals surface area (Å²) in [5, 5.41) is 11.2. The van der Waals surface area contributed by atoms with Gasteiger partial charge in [-0.3, -0.25) is 9.35 Å². The molecule has 0 radical (unpaired) electrons. The van der Waals surface area contributed by atoms with Gasteiger partial charge in [-0.2, -0.15) is 8.42 Å². The van der Waals surface area contributed by atoms with Crippen molar-refractivity contribution in [2.45, 2.75) is 45.1 Å². The van der Waals surface area contributed by atoms with E-state index in [1.807, 2.05) is 0 Å². The van der Waals surface area contributed by atoms with E-state index in [0.717, 1.165) is 31.2 Å². The quantitative estimate of drug-likeness (QED) is 0.434. The third kappa shape index (κ3) is 7.10. The van der Waals surface area contributed by atoms with Crippen molar-refractivity contribution in [3.05, 3.63) is 35.4 Å². The molecule has 1 aromatic carbocycles. The fraction of sp³-hybridized carbons (Fsp3) is 0.500. The second kappa shape index (κ2) is 9.39. The van der Waals surface area contributed by atoms with Crippen LogP contribution in [0.5, 0.6) is 0 Å². The van der Waals surface area contributed by atoms with Crippen LogP contribution in [0.15, 0.2) is 24.3 Å². The molecule has 0 heterocycles. The van der Waals surface area contributed by atoms with Gasteiger partial charge >= 0.3 is 5.97 Å². The number of unbranched alkanes of at least 4 members (excludes halogenated alkanes) is 3. The summed E-state index contributed by atoms with van der Waals surface area (Å²) in [6.45, 7) is 2.10. The van der Waals surface area contributed by atoms with Crippen LogP contribution in [0.25, 0.3) is 0 Å². The molecule has 0 aliphatic heterocycles. The molecule has 0 aliphatic rings. The van der Waals surface area contributed by atoms with E-state index in [4.69, 9.17) is 9.66 Å². The first-order chi connectivity index (χ1) is 11.2. The van der Waals surface area contributed by atoms with Crippen molar-refractivity contribution in [2.75, 3.05) is 5.75 Å². The van der Waals surface area contributed by atoms with Crippen molar-refractivity contribution in [3.63, 3.8) is 0 Å². The molecular formula is C16H23NO6S. The van der Waals surface area contributed by atoms with Gasteiger partial charge in [-0.25, -0.2) is 4.79 Å². The number of aliphatic carboxylic acids is 1. The summed E-state index contributed by atoms with van der Waals surface area (Å²) >= 11 is 0. The molecule has 1 aromatic rings. The molecule has 1 rings (SSSR count). The highest BCUT2D eigenvalue weighted by molar-refractivity contribution is 7.85. The zero-order valence-electron chi connectivity index (χ0n) is 13.6. The van der Waals surface area contributed by atoms with E-state index < -0.39 is 33.8 Å². The van der Waals surface area contributed by atoms with Crippen LogP contribution in [0.2, 0.25) is 0 Å². The monoisotopic (exact) mass is 357 g/mol. The summed E-state index contributed by atoms with van der Waals surface area (Å²) in [6.07, 6.45) is 4.82. The van der Waals surface area contributed by atoms with Gasteiger partial charge in [-0.05, 0) is 24.5 Å². The SMILES string of the molecule is CCCCCCc1ccccc1C(=O)NC(CS(=O)(=O)O)C(=O)O. The summed E-state index contributed by atoms with van der Waals surface area (Å²) in [5.41, 5.74) is 1.10. The molecule has 1 amide bonds. The molecule has 3 N–H and O–H groups in total. The van der Waals surface area contributed by atoms with Gasteiger partial charge in [0.25, 0.3) is 16.0 Å². The Hall–Kier alpha value is -1.93. The summed E-state index contributed by atoms with van der Waals surface area (Å²) < 4.78 is 30.5. The Morgan fingerprint density at radius 2 is 1.83 bits per heavy atom. The van der Waals surface area contributed by atoms with E-state index in [9.17, 15) is 18.0 Å². The van der Waals surface area contributed by atoms with Crippen LogP contribution >= 0.6 is 0 Å². The lowest BCUT2D eigenvalue weighted by Gasteiger charge is -2.15. The molecular weight excluding hydrogens is 334 g/mol. The summed E-state index contributed by atoms with van der Waals surface area (Å²) in [6, 6.07) is 5.10. The second-order valence-corrected chi connectivity index (χ2v) is 7.08. The van der Waals surface area contributed by atoms with Crippen LogP contribution < -0.4 is 5.32 Å². The summed E-state index contributed by atoms with van der Waals surface area (Å²) in [5.74, 6) is -3.27. The molecule has 0 spiro atoms. The minimum Gasteiger partial charge on any atom is -0.480 e. The number of carbonyl (C=O) groups excluding carboxylic acids is 1. The average molecular weight is 357 g/mol. The fourth-order valence-electron chi connectivity index (χ4n) is 2.32. The zero-order valence-corrected chi connectivity index (χ0v) is 14.4. The first-order valence-corrected chi connectivity index (χ1v) is 9.42. The largest absolute Gasteiger partial charge is 0.480 e. The Balaban J connectivity index is 2.84. The van der Waals surface area contributed by atoms with Gasteiger partial charge in [0, 0.05) is 5.56 Å². The molecule has 1 atom stereocenters. The predicted molar refractivity (Wildman–Crippen MR) is 89.6 cm³/mol. The van der Waals surface area contributed by atoms with Crippen molar-refractivity contribution >= 4 is 22.0 Å². The van der Waals surface area contributed by atoms with Gasteiger partial charge in [0.15, 0.2) is 0 Å². The van der Waals surface area contributed by atoms with Gasteiger partial charge in [-0.1, -0.05) is 44.4 Å². The normalized spacial score (nSPS) is 12.6. The Morgan fingerprint density at radius 1 is 1.17 bits per heavy atom. The Kier molecular flexibility index (Phi) is 7.87. The van der Waals surface area contributed by atoms with Crippen LogP contribution in [-0.4, -0.2) is 41.7 Å². The number of hydrogen-bond donors (Lipinski definition) is 3. The van der Waals surface area contributed by atoms with Crippen LogP contribution in [0, 0.1) is 0 Å². The van der Waals surface area contributed by atoms with Crippen molar-refractivity contribution < 1.29 is 27.7 Å². The lowest BCUT2D eigenvalue weighted by atomic mass is 10.00. The Morgan fingerprint density at radius 3 is 2.42 bits per heavy atom. The van der Waals surface area contributed by atoms with Crippen LogP contribution in [0.3, 0.4) is 0 Å². The number of carboxylic acid groups (broad SMARTS) is 1. The molecule has 0 saturated carbocycles. The maximum absolute atomic E-state index is 12.3. The maximum atomic E-state index is 12.3. The third-order valence-electron chi connectivity index (χ3n) is 3.54. The first-order valence-electron chi connectivity index (χ1n) is 7.81. The maximum Gasteiger partial charge on any atom is 0.327 e. The van der Waals surface area contributed by atoms with Gasteiger partial charge in [0.1, 0.15) is 11.8 Å².